The second-order valence-electron chi connectivity index (χ2n) is 4.43. The molecular weight excluding hydrogens is 278 g/mol. The number of nitrogens with zero attached hydrogens (tertiary/aromatic N) is 4. The number of nitrogens with two attached hydrogens (primary N) is 1. The van der Waals surface area contributed by atoms with Gasteiger partial charge in [-0.3, -0.25) is 0 Å². The molecule has 0 saturated carbocycles. The number of rotatable bonds is 1. The Morgan fingerprint density at radius 2 is 2.26 bits per heavy atom. The van der Waals surface area contributed by atoms with E-state index in [0.717, 1.165) is 41.2 Å². The van der Waals surface area contributed by atoms with Crippen LogP contribution in [0, 0.1) is 0 Å². The normalized spacial score (nSPS) is 14.8. The maximum atomic E-state index is 5.78. The van der Waals surface area contributed by atoms with Crippen LogP contribution in [0.5, 0.6) is 0 Å². The Hall–Kier alpha value is -1.73. The number of fused-ring (bicyclic) bond motifs is 2. The zero-order valence-corrected chi connectivity index (χ0v) is 11.7. The van der Waals surface area contributed by atoms with Crippen LogP contribution in [0.2, 0.25) is 0 Å². The van der Waals surface area contributed by atoms with Crippen molar-refractivity contribution in [3.63, 3.8) is 0 Å². The van der Waals surface area contributed by atoms with Crippen molar-refractivity contribution >= 4 is 43.8 Å². The largest absolute Gasteiger partial charge is 0.375 e. The standard InChI is InChI=1S/C12H11N5S2/c13-12-16-8-1-3-17(5-9(8)19-12)10-7-2-4-18-11(7)15-6-14-10/h2,4,6H,1,3,5H2,(H2,13,16). The lowest BCUT2D eigenvalue weighted by Crippen LogP contribution is -2.30. The summed E-state index contributed by atoms with van der Waals surface area (Å²) in [5, 5.41) is 3.85. The van der Waals surface area contributed by atoms with Crippen LogP contribution in [0.4, 0.5) is 10.9 Å². The van der Waals surface area contributed by atoms with E-state index >= 15 is 0 Å². The van der Waals surface area contributed by atoms with Gasteiger partial charge in [-0.05, 0) is 11.4 Å². The maximum Gasteiger partial charge on any atom is 0.180 e. The molecule has 0 spiro atoms. The van der Waals surface area contributed by atoms with E-state index in [1.165, 1.54) is 4.88 Å². The van der Waals surface area contributed by atoms with Crippen LogP contribution in [-0.2, 0) is 13.0 Å². The fourth-order valence-electron chi connectivity index (χ4n) is 2.43. The van der Waals surface area contributed by atoms with Crippen molar-refractivity contribution in [2.24, 2.45) is 0 Å². The first-order valence-corrected chi connectivity index (χ1v) is 7.68. The highest BCUT2D eigenvalue weighted by Gasteiger charge is 2.22. The van der Waals surface area contributed by atoms with Crippen LogP contribution >= 0.6 is 22.7 Å². The molecule has 2 N–H and O–H groups in total. The van der Waals surface area contributed by atoms with Gasteiger partial charge in [0.2, 0.25) is 0 Å². The molecule has 7 heteroatoms. The van der Waals surface area contributed by atoms with Crippen LogP contribution in [0.25, 0.3) is 10.2 Å². The molecule has 5 nitrogen and oxygen atoms in total. The van der Waals surface area contributed by atoms with Crippen molar-refractivity contribution < 1.29 is 0 Å². The number of nitrogen functional groups attached to an aromatic ring is 1. The zero-order valence-electron chi connectivity index (χ0n) is 10.0. The SMILES string of the molecule is Nc1nc2c(s1)CN(c1ncnc3sccc13)CC2. The van der Waals surface area contributed by atoms with Gasteiger partial charge in [0.25, 0.3) is 0 Å². The highest BCUT2D eigenvalue weighted by Crippen LogP contribution is 2.32. The van der Waals surface area contributed by atoms with Crippen molar-refractivity contribution in [2.45, 2.75) is 13.0 Å². The summed E-state index contributed by atoms with van der Waals surface area (Å²) < 4.78 is 0. The van der Waals surface area contributed by atoms with Gasteiger partial charge in [0.15, 0.2) is 5.13 Å². The van der Waals surface area contributed by atoms with Crippen molar-refractivity contribution in [3.8, 4) is 0 Å². The van der Waals surface area contributed by atoms with Crippen LogP contribution in [0.1, 0.15) is 10.6 Å². The maximum absolute atomic E-state index is 5.78. The van der Waals surface area contributed by atoms with E-state index in [2.05, 4.69) is 31.3 Å². The number of thiazole rings is 1. The van der Waals surface area contributed by atoms with E-state index < -0.39 is 0 Å². The molecule has 96 valence electrons. The van der Waals surface area contributed by atoms with Gasteiger partial charge >= 0.3 is 0 Å². The molecule has 0 bridgehead atoms. The summed E-state index contributed by atoms with van der Waals surface area (Å²) in [7, 11) is 0. The lowest BCUT2D eigenvalue weighted by Gasteiger charge is -2.27. The molecule has 0 fully saturated rings. The summed E-state index contributed by atoms with van der Waals surface area (Å²) in [5.41, 5.74) is 6.93. The van der Waals surface area contributed by atoms with Crippen LogP contribution in [0.15, 0.2) is 17.8 Å². The summed E-state index contributed by atoms with van der Waals surface area (Å²) in [6, 6.07) is 2.09. The number of hydrogen-bond donors (Lipinski definition) is 1. The molecule has 0 unspecified atom stereocenters. The zero-order chi connectivity index (χ0) is 12.8. The number of thiophene rings is 1. The monoisotopic (exact) mass is 289 g/mol. The minimum absolute atomic E-state index is 0.662. The molecule has 0 aliphatic carbocycles. The van der Waals surface area contributed by atoms with Gasteiger partial charge in [-0.15, -0.1) is 22.7 Å². The molecule has 1 aliphatic heterocycles. The summed E-state index contributed by atoms with van der Waals surface area (Å²) >= 11 is 3.23. The van der Waals surface area contributed by atoms with E-state index in [-0.39, 0.29) is 0 Å². The van der Waals surface area contributed by atoms with Crippen molar-refractivity contribution in [2.75, 3.05) is 17.2 Å². The minimum atomic E-state index is 0.662. The third kappa shape index (κ3) is 1.77. The molecule has 0 atom stereocenters. The average molecular weight is 289 g/mol. The molecule has 0 saturated heterocycles. The van der Waals surface area contributed by atoms with Crippen molar-refractivity contribution in [3.05, 3.63) is 28.3 Å². The number of aromatic nitrogens is 3. The Balaban J connectivity index is 1.76. The first kappa shape index (κ1) is 11.1. The minimum Gasteiger partial charge on any atom is -0.375 e. The van der Waals surface area contributed by atoms with Crippen molar-refractivity contribution in [1.82, 2.24) is 15.0 Å². The van der Waals surface area contributed by atoms with Gasteiger partial charge < -0.3 is 10.6 Å². The Kier molecular flexibility index (Phi) is 2.42. The molecule has 0 radical (unpaired) electrons. The van der Waals surface area contributed by atoms with Gasteiger partial charge in [0.05, 0.1) is 17.6 Å². The van der Waals surface area contributed by atoms with E-state index in [1.807, 2.05) is 0 Å². The molecule has 4 heterocycles. The summed E-state index contributed by atoms with van der Waals surface area (Å²) in [6.07, 6.45) is 2.57. The molecular formula is C12H11N5S2. The van der Waals surface area contributed by atoms with E-state index in [1.54, 1.807) is 29.0 Å². The predicted octanol–water partition coefficient (Wildman–Crippen LogP) is 2.29. The molecule has 1 aliphatic rings. The second-order valence-corrected chi connectivity index (χ2v) is 6.44. The number of hydrogen-bond acceptors (Lipinski definition) is 7. The second kappa shape index (κ2) is 4.14. The van der Waals surface area contributed by atoms with Gasteiger partial charge in [-0.2, -0.15) is 0 Å². The highest BCUT2D eigenvalue weighted by molar-refractivity contribution is 7.16. The lowest BCUT2D eigenvalue weighted by molar-refractivity contribution is 0.721. The Morgan fingerprint density at radius 1 is 1.32 bits per heavy atom. The van der Waals surface area contributed by atoms with E-state index in [0.29, 0.717) is 5.13 Å². The Morgan fingerprint density at radius 3 is 3.21 bits per heavy atom. The first-order chi connectivity index (χ1) is 9.31. The molecule has 0 aromatic carbocycles. The smallest absolute Gasteiger partial charge is 0.180 e. The third-order valence-corrected chi connectivity index (χ3v) is 5.02. The number of anilines is 2. The molecule has 3 aromatic heterocycles. The van der Waals surface area contributed by atoms with Gasteiger partial charge in [0, 0.05) is 17.8 Å². The Bertz CT molecular complexity index is 748. The van der Waals surface area contributed by atoms with Crippen molar-refractivity contribution in [1.29, 1.82) is 0 Å². The van der Waals surface area contributed by atoms with E-state index in [4.69, 9.17) is 5.73 Å². The highest BCUT2D eigenvalue weighted by atomic mass is 32.1. The molecule has 3 aromatic rings. The Labute approximate surface area is 117 Å². The fourth-order valence-corrected chi connectivity index (χ4v) is 4.05. The molecule has 4 rings (SSSR count). The third-order valence-electron chi connectivity index (χ3n) is 3.29. The summed E-state index contributed by atoms with van der Waals surface area (Å²) in [5.74, 6) is 1.02. The first-order valence-electron chi connectivity index (χ1n) is 5.98. The topological polar surface area (TPSA) is 67.9 Å². The summed E-state index contributed by atoms with van der Waals surface area (Å²) in [6.45, 7) is 1.77. The van der Waals surface area contributed by atoms with Crippen LogP contribution in [0.3, 0.4) is 0 Å². The molecule has 19 heavy (non-hydrogen) atoms. The molecule has 0 amide bonds. The quantitative estimate of drug-likeness (QED) is 0.744. The van der Waals surface area contributed by atoms with Gasteiger partial charge in [-0.25, -0.2) is 15.0 Å². The van der Waals surface area contributed by atoms with Gasteiger partial charge in [0.1, 0.15) is 17.0 Å². The average Bonchev–Trinajstić information content (AvgIpc) is 3.01. The lowest BCUT2D eigenvalue weighted by atomic mass is 10.1. The van der Waals surface area contributed by atoms with Crippen LogP contribution < -0.4 is 10.6 Å². The van der Waals surface area contributed by atoms with Crippen LogP contribution in [-0.4, -0.2) is 21.5 Å². The predicted molar refractivity (Wildman–Crippen MR) is 78.7 cm³/mol. The van der Waals surface area contributed by atoms with Gasteiger partial charge in [-0.1, -0.05) is 0 Å². The van der Waals surface area contributed by atoms with E-state index in [9.17, 15) is 0 Å². The fraction of sp³-hybridized carbons (Fsp3) is 0.250. The summed E-state index contributed by atoms with van der Waals surface area (Å²) in [4.78, 5) is 17.7.